The molecule has 0 aromatic rings. The molecule has 104 valence electrons. The second kappa shape index (κ2) is 9.41. The molecule has 0 amide bonds. The number of carbonyl (C=O) groups excluding carboxylic acids is 3. The summed E-state index contributed by atoms with van der Waals surface area (Å²) < 4.78 is 18.5. The third-order valence-corrected chi connectivity index (χ3v) is 1.48. The minimum absolute atomic E-state index is 0.123. The van der Waals surface area contributed by atoms with Crippen LogP contribution in [-0.4, -0.2) is 50.4 Å². The van der Waals surface area contributed by atoms with Crippen LogP contribution < -0.4 is 0 Å². The summed E-state index contributed by atoms with van der Waals surface area (Å²) in [5, 5.41) is 0. The second-order valence-corrected chi connectivity index (χ2v) is 3.45. The Morgan fingerprint density at radius 2 is 1.33 bits per heavy atom. The molecule has 0 N–H and O–H groups in total. The second-order valence-electron chi connectivity index (χ2n) is 3.45. The highest BCUT2D eigenvalue weighted by atomic mass is 16.6. The van der Waals surface area contributed by atoms with Gasteiger partial charge in [-0.2, -0.15) is 0 Å². The first kappa shape index (κ1) is 16.4. The summed E-state index contributed by atoms with van der Waals surface area (Å²) in [4.78, 5) is 31.6. The van der Waals surface area contributed by atoms with Gasteiger partial charge in [0.2, 0.25) is 0 Å². The van der Waals surface area contributed by atoms with Crippen molar-refractivity contribution in [3.8, 4) is 0 Å². The van der Waals surface area contributed by atoms with Crippen LogP contribution in [0.2, 0.25) is 0 Å². The van der Waals surface area contributed by atoms with Crippen LogP contribution >= 0.6 is 0 Å². The Kier molecular flexibility index (Phi) is 8.55. The third-order valence-electron chi connectivity index (χ3n) is 1.48. The number of hydrogen-bond acceptors (Lipinski definition) is 7. The minimum atomic E-state index is -0.754. The van der Waals surface area contributed by atoms with Crippen molar-refractivity contribution in [3.05, 3.63) is 0 Å². The zero-order valence-electron chi connectivity index (χ0n) is 10.8. The zero-order chi connectivity index (χ0) is 14.0. The molecular weight excluding hydrogens is 244 g/mol. The highest BCUT2D eigenvalue weighted by molar-refractivity contribution is 5.67. The average molecular weight is 262 g/mol. The Morgan fingerprint density at radius 3 is 1.56 bits per heavy atom. The maximum Gasteiger partial charge on any atom is 0.303 e. The van der Waals surface area contributed by atoms with Gasteiger partial charge in [0.15, 0.2) is 6.10 Å². The lowest BCUT2D eigenvalue weighted by Crippen LogP contribution is -2.29. The van der Waals surface area contributed by atoms with Crippen molar-refractivity contribution in [2.75, 3.05) is 26.4 Å². The highest BCUT2D eigenvalue weighted by Crippen LogP contribution is 1.97. The van der Waals surface area contributed by atoms with E-state index in [4.69, 9.17) is 4.74 Å². The molecule has 7 nitrogen and oxygen atoms in total. The van der Waals surface area contributed by atoms with Crippen molar-refractivity contribution in [1.29, 1.82) is 0 Å². The van der Waals surface area contributed by atoms with Crippen molar-refractivity contribution in [2.45, 2.75) is 26.9 Å². The Bertz CT molecular complexity index is 264. The van der Waals surface area contributed by atoms with Crippen molar-refractivity contribution in [3.63, 3.8) is 0 Å². The molecule has 1 rings (SSSR count). The number of carbonyl (C=O) groups is 3. The number of ether oxygens (including phenoxy) is 4. The van der Waals surface area contributed by atoms with Gasteiger partial charge in [0.25, 0.3) is 0 Å². The quantitative estimate of drug-likeness (QED) is 0.393. The van der Waals surface area contributed by atoms with Gasteiger partial charge >= 0.3 is 17.9 Å². The van der Waals surface area contributed by atoms with Gasteiger partial charge in [0.05, 0.1) is 13.2 Å². The molecule has 1 fully saturated rings. The molecule has 1 saturated heterocycles. The largest absolute Gasteiger partial charge is 0.462 e. The van der Waals surface area contributed by atoms with Gasteiger partial charge in [-0.3, -0.25) is 14.4 Å². The summed E-state index contributed by atoms with van der Waals surface area (Å²) in [7, 11) is 0. The predicted octanol–water partition coefficient (Wildman–Crippen LogP) is 0.0609. The van der Waals surface area contributed by atoms with Crippen molar-refractivity contribution >= 4 is 17.9 Å². The van der Waals surface area contributed by atoms with E-state index in [0.29, 0.717) is 0 Å². The van der Waals surface area contributed by atoms with Crippen molar-refractivity contribution in [2.24, 2.45) is 0 Å². The van der Waals surface area contributed by atoms with E-state index in [-0.39, 0.29) is 13.2 Å². The van der Waals surface area contributed by atoms with Crippen molar-refractivity contribution < 1.29 is 33.3 Å². The highest BCUT2D eigenvalue weighted by Gasteiger charge is 2.15. The van der Waals surface area contributed by atoms with Crippen LogP contribution in [-0.2, 0) is 33.3 Å². The van der Waals surface area contributed by atoms with Gasteiger partial charge in [0.1, 0.15) is 13.2 Å². The summed E-state index contributed by atoms with van der Waals surface area (Å²) in [5.74, 6) is -1.51. The smallest absolute Gasteiger partial charge is 0.303 e. The lowest BCUT2D eigenvalue weighted by molar-refractivity contribution is -0.163. The molecule has 0 aromatic carbocycles. The number of hydrogen-bond donors (Lipinski definition) is 0. The maximum atomic E-state index is 10.6. The first-order valence-corrected chi connectivity index (χ1v) is 5.43. The van der Waals surface area contributed by atoms with Gasteiger partial charge in [-0.25, -0.2) is 0 Å². The molecule has 1 aliphatic heterocycles. The van der Waals surface area contributed by atoms with Crippen LogP contribution in [0, 0.1) is 0 Å². The maximum absolute atomic E-state index is 10.6. The van der Waals surface area contributed by atoms with Crippen LogP contribution in [0.5, 0.6) is 0 Å². The fourth-order valence-electron chi connectivity index (χ4n) is 0.771. The zero-order valence-corrected chi connectivity index (χ0v) is 10.8. The number of rotatable bonds is 5. The molecule has 0 unspecified atom stereocenters. The van der Waals surface area contributed by atoms with E-state index in [2.05, 4.69) is 14.2 Å². The van der Waals surface area contributed by atoms with Gasteiger partial charge in [0, 0.05) is 20.8 Å². The summed E-state index contributed by atoms with van der Waals surface area (Å²) in [6.45, 7) is 5.44. The fourth-order valence-corrected chi connectivity index (χ4v) is 0.771. The monoisotopic (exact) mass is 262 g/mol. The molecule has 0 spiro atoms. The molecular formula is C11H18O7. The molecule has 1 heterocycles. The van der Waals surface area contributed by atoms with Crippen LogP contribution in [0.4, 0.5) is 0 Å². The van der Waals surface area contributed by atoms with Gasteiger partial charge in [-0.05, 0) is 0 Å². The first-order chi connectivity index (χ1) is 8.41. The Labute approximate surface area is 105 Å². The molecule has 0 aromatic heterocycles. The predicted molar refractivity (Wildman–Crippen MR) is 59.6 cm³/mol. The molecule has 0 bridgehead atoms. The van der Waals surface area contributed by atoms with Crippen LogP contribution in [0.15, 0.2) is 0 Å². The molecule has 0 saturated carbocycles. The van der Waals surface area contributed by atoms with Gasteiger partial charge < -0.3 is 18.9 Å². The molecule has 0 radical (unpaired) electrons. The van der Waals surface area contributed by atoms with E-state index in [0.717, 1.165) is 13.2 Å². The van der Waals surface area contributed by atoms with Crippen molar-refractivity contribution in [1.82, 2.24) is 0 Å². The van der Waals surface area contributed by atoms with Crippen LogP contribution in [0.25, 0.3) is 0 Å². The average Bonchev–Trinajstić information content (AvgIpc) is 3.08. The van der Waals surface area contributed by atoms with E-state index >= 15 is 0 Å². The fraction of sp³-hybridized carbons (Fsp3) is 0.727. The standard InChI is InChI=1S/C9H14O6.C2H4O/c1-6(10)13-4-9(15-8(3)12)5-14-7(2)11;1-2-3-1/h9H,4-5H2,1-3H3;1-2H2. The van der Waals surface area contributed by atoms with Crippen LogP contribution in [0.1, 0.15) is 20.8 Å². The van der Waals surface area contributed by atoms with E-state index < -0.39 is 24.0 Å². The van der Waals surface area contributed by atoms with E-state index in [1.54, 1.807) is 0 Å². The minimum Gasteiger partial charge on any atom is -0.462 e. The molecule has 1 aliphatic rings. The lowest BCUT2D eigenvalue weighted by Gasteiger charge is -2.15. The summed E-state index contributed by atoms with van der Waals surface area (Å²) >= 11 is 0. The molecule has 0 atom stereocenters. The normalized spacial score (nSPS) is 12.0. The SMILES string of the molecule is C1CO1.CC(=O)OCC(COC(C)=O)OC(C)=O. The molecule has 0 aliphatic carbocycles. The van der Waals surface area contributed by atoms with Gasteiger partial charge in [-0.15, -0.1) is 0 Å². The summed E-state index contributed by atoms with van der Waals surface area (Å²) in [5.41, 5.74) is 0. The van der Waals surface area contributed by atoms with E-state index in [1.807, 2.05) is 0 Å². The Hall–Kier alpha value is -1.63. The molecule has 7 heteroatoms. The Morgan fingerprint density at radius 1 is 0.944 bits per heavy atom. The van der Waals surface area contributed by atoms with Gasteiger partial charge in [-0.1, -0.05) is 0 Å². The Balaban J connectivity index is 0.000000827. The topological polar surface area (TPSA) is 91.4 Å². The number of esters is 3. The molecule has 18 heavy (non-hydrogen) atoms. The summed E-state index contributed by atoms with van der Waals surface area (Å²) in [6, 6.07) is 0. The van der Waals surface area contributed by atoms with E-state index in [1.165, 1.54) is 20.8 Å². The van der Waals surface area contributed by atoms with E-state index in [9.17, 15) is 14.4 Å². The van der Waals surface area contributed by atoms with Crippen LogP contribution in [0.3, 0.4) is 0 Å². The first-order valence-electron chi connectivity index (χ1n) is 5.43. The third kappa shape index (κ3) is 14.4. The lowest BCUT2D eigenvalue weighted by atomic mass is 10.4. The summed E-state index contributed by atoms with van der Waals surface area (Å²) in [6.07, 6.45) is -0.754. The number of epoxide rings is 1.